The molecule has 12 heavy (non-hydrogen) atoms. The van der Waals surface area contributed by atoms with Crippen molar-refractivity contribution in [2.75, 3.05) is 0 Å². The van der Waals surface area contributed by atoms with Gasteiger partial charge >= 0.3 is 0 Å². The van der Waals surface area contributed by atoms with Gasteiger partial charge in [-0.3, -0.25) is 0 Å². The molecule has 0 aromatic heterocycles. The molecule has 0 saturated carbocycles. The van der Waals surface area contributed by atoms with Crippen LogP contribution in [0, 0.1) is 0 Å². The predicted molar refractivity (Wildman–Crippen MR) is 57.1 cm³/mol. The molecule has 0 radical (unpaired) electrons. The van der Waals surface area contributed by atoms with E-state index in [1.54, 1.807) is 0 Å². The van der Waals surface area contributed by atoms with Crippen molar-refractivity contribution in [2.45, 2.75) is 27.2 Å². The minimum absolute atomic E-state index is 0.905. The van der Waals surface area contributed by atoms with Gasteiger partial charge in [0.1, 0.15) is 0 Å². The minimum Gasteiger partial charge on any atom is -0.0998 e. The standard InChI is InChI=1S/C12H18/c1-9(2)7-12(11(5)6)8-10(3)4/h7H,1,3,5,8H2,2,4,6H3. The molecule has 0 aliphatic heterocycles. The van der Waals surface area contributed by atoms with Gasteiger partial charge in [-0.25, -0.2) is 0 Å². The lowest BCUT2D eigenvalue weighted by atomic mass is 10.00. The molecule has 0 aliphatic carbocycles. The summed E-state index contributed by atoms with van der Waals surface area (Å²) < 4.78 is 0. The van der Waals surface area contributed by atoms with Crippen molar-refractivity contribution >= 4 is 0 Å². The zero-order valence-corrected chi connectivity index (χ0v) is 8.41. The van der Waals surface area contributed by atoms with E-state index in [1.165, 1.54) is 5.57 Å². The summed E-state index contributed by atoms with van der Waals surface area (Å²) in [4.78, 5) is 0. The third-order valence-corrected chi connectivity index (χ3v) is 1.46. The zero-order chi connectivity index (χ0) is 9.72. The molecule has 0 nitrogen and oxygen atoms in total. The van der Waals surface area contributed by atoms with Crippen molar-refractivity contribution in [3.05, 3.63) is 48.1 Å². The number of hydrogen-bond donors (Lipinski definition) is 0. The fraction of sp³-hybridized carbons (Fsp3) is 0.333. The summed E-state index contributed by atoms with van der Waals surface area (Å²) in [5.41, 5.74) is 4.55. The first kappa shape index (κ1) is 11.0. The van der Waals surface area contributed by atoms with Gasteiger partial charge in [0, 0.05) is 0 Å². The Morgan fingerprint density at radius 2 is 1.58 bits per heavy atom. The van der Waals surface area contributed by atoms with Crippen molar-refractivity contribution in [1.82, 2.24) is 0 Å². The Hall–Kier alpha value is -1.04. The molecular weight excluding hydrogens is 144 g/mol. The third kappa shape index (κ3) is 4.73. The molecule has 0 heterocycles. The van der Waals surface area contributed by atoms with Gasteiger partial charge in [-0.2, -0.15) is 0 Å². The van der Waals surface area contributed by atoms with Crippen LogP contribution in [0.1, 0.15) is 27.2 Å². The van der Waals surface area contributed by atoms with Crippen LogP contribution >= 0.6 is 0 Å². The van der Waals surface area contributed by atoms with Crippen molar-refractivity contribution in [2.24, 2.45) is 0 Å². The molecule has 0 fully saturated rings. The lowest BCUT2D eigenvalue weighted by molar-refractivity contribution is 1.12. The highest BCUT2D eigenvalue weighted by Gasteiger charge is 1.97. The zero-order valence-electron chi connectivity index (χ0n) is 8.41. The second kappa shape index (κ2) is 4.76. The average Bonchev–Trinajstić information content (AvgIpc) is 1.83. The van der Waals surface area contributed by atoms with E-state index in [2.05, 4.69) is 25.8 Å². The smallest absolute Gasteiger partial charge is 0.00701 e. The first-order valence-electron chi connectivity index (χ1n) is 4.10. The molecule has 66 valence electrons. The van der Waals surface area contributed by atoms with Crippen LogP contribution in [-0.2, 0) is 0 Å². The average molecular weight is 162 g/mol. The second-order valence-corrected chi connectivity index (χ2v) is 3.43. The molecule has 0 atom stereocenters. The number of hydrogen-bond acceptors (Lipinski definition) is 0. The molecule has 0 aromatic rings. The Morgan fingerprint density at radius 3 is 1.83 bits per heavy atom. The third-order valence-electron chi connectivity index (χ3n) is 1.46. The Labute approximate surface area is 76.0 Å². The van der Waals surface area contributed by atoms with Gasteiger partial charge in [-0.05, 0) is 32.8 Å². The fourth-order valence-corrected chi connectivity index (χ4v) is 0.948. The van der Waals surface area contributed by atoms with Crippen LogP contribution in [-0.4, -0.2) is 0 Å². The summed E-state index contributed by atoms with van der Waals surface area (Å²) >= 11 is 0. The van der Waals surface area contributed by atoms with E-state index < -0.39 is 0 Å². The highest BCUT2D eigenvalue weighted by Crippen LogP contribution is 2.17. The first-order valence-corrected chi connectivity index (χ1v) is 4.10. The van der Waals surface area contributed by atoms with E-state index in [9.17, 15) is 0 Å². The first-order chi connectivity index (χ1) is 5.43. The van der Waals surface area contributed by atoms with E-state index in [1.807, 2.05) is 20.8 Å². The van der Waals surface area contributed by atoms with Gasteiger partial charge in [0.25, 0.3) is 0 Å². The molecule has 0 amide bonds. The molecule has 0 rings (SSSR count). The summed E-state index contributed by atoms with van der Waals surface area (Å²) in [6, 6.07) is 0. The van der Waals surface area contributed by atoms with Crippen molar-refractivity contribution in [3.8, 4) is 0 Å². The lowest BCUT2D eigenvalue weighted by Crippen LogP contribution is -1.86. The van der Waals surface area contributed by atoms with Crippen molar-refractivity contribution in [1.29, 1.82) is 0 Å². The summed E-state index contributed by atoms with van der Waals surface area (Å²) in [7, 11) is 0. The lowest BCUT2D eigenvalue weighted by Gasteiger charge is -2.06. The van der Waals surface area contributed by atoms with Gasteiger partial charge in [0.05, 0.1) is 0 Å². The summed E-state index contributed by atoms with van der Waals surface area (Å²) in [5, 5.41) is 0. The molecule has 0 heteroatoms. The molecule has 0 spiro atoms. The quantitative estimate of drug-likeness (QED) is 0.432. The van der Waals surface area contributed by atoms with Crippen LogP contribution in [0.15, 0.2) is 48.1 Å². The highest BCUT2D eigenvalue weighted by molar-refractivity contribution is 5.35. The summed E-state index contributed by atoms with van der Waals surface area (Å²) in [5.74, 6) is 0. The maximum atomic E-state index is 3.91. The molecule has 0 bridgehead atoms. The van der Waals surface area contributed by atoms with Gasteiger partial charge < -0.3 is 0 Å². The van der Waals surface area contributed by atoms with E-state index >= 15 is 0 Å². The van der Waals surface area contributed by atoms with Gasteiger partial charge in [0.15, 0.2) is 0 Å². The predicted octanol–water partition coefficient (Wildman–Crippen LogP) is 4.03. The molecule has 0 aromatic carbocycles. The van der Waals surface area contributed by atoms with E-state index in [0.29, 0.717) is 0 Å². The van der Waals surface area contributed by atoms with Crippen LogP contribution in [0.2, 0.25) is 0 Å². The molecule has 0 N–H and O–H groups in total. The Morgan fingerprint density at radius 1 is 1.08 bits per heavy atom. The Bertz CT molecular complexity index is 239. The van der Waals surface area contributed by atoms with Crippen LogP contribution in [0.4, 0.5) is 0 Å². The maximum Gasteiger partial charge on any atom is -0.00701 e. The minimum atomic E-state index is 0.905. The number of rotatable bonds is 4. The SMILES string of the molecule is C=C(C)C=C(CC(=C)C)C(=C)C. The second-order valence-electron chi connectivity index (χ2n) is 3.43. The maximum absolute atomic E-state index is 3.91. The Balaban J connectivity index is 4.55. The van der Waals surface area contributed by atoms with Crippen LogP contribution < -0.4 is 0 Å². The number of allylic oxidation sites excluding steroid dienone is 5. The van der Waals surface area contributed by atoms with E-state index in [-0.39, 0.29) is 0 Å². The van der Waals surface area contributed by atoms with E-state index in [4.69, 9.17) is 0 Å². The summed E-state index contributed by atoms with van der Waals surface area (Å²) in [6.45, 7) is 17.6. The van der Waals surface area contributed by atoms with Crippen molar-refractivity contribution in [3.63, 3.8) is 0 Å². The van der Waals surface area contributed by atoms with Crippen LogP contribution in [0.3, 0.4) is 0 Å². The molecule has 0 aliphatic rings. The largest absolute Gasteiger partial charge is 0.0998 e. The molecular formula is C12H18. The van der Waals surface area contributed by atoms with Crippen LogP contribution in [0.25, 0.3) is 0 Å². The fourth-order valence-electron chi connectivity index (χ4n) is 0.948. The monoisotopic (exact) mass is 162 g/mol. The Kier molecular flexibility index (Phi) is 4.35. The normalized spacial score (nSPS) is 11.1. The van der Waals surface area contributed by atoms with Gasteiger partial charge in [-0.15, -0.1) is 0 Å². The van der Waals surface area contributed by atoms with Crippen LogP contribution in [0.5, 0.6) is 0 Å². The molecule has 0 unspecified atom stereocenters. The highest BCUT2D eigenvalue weighted by atomic mass is 14.0. The molecule has 0 saturated heterocycles. The van der Waals surface area contributed by atoms with E-state index in [0.717, 1.165) is 23.1 Å². The van der Waals surface area contributed by atoms with Gasteiger partial charge in [-0.1, -0.05) is 42.5 Å². The van der Waals surface area contributed by atoms with Gasteiger partial charge in [0.2, 0.25) is 0 Å². The summed E-state index contributed by atoms with van der Waals surface area (Å²) in [6.07, 6.45) is 2.97. The van der Waals surface area contributed by atoms with Crippen molar-refractivity contribution < 1.29 is 0 Å². The topological polar surface area (TPSA) is 0 Å².